The largest absolute Gasteiger partial charge is 0.485 e. The van der Waals surface area contributed by atoms with E-state index in [9.17, 15) is 4.79 Å². The lowest BCUT2D eigenvalue weighted by atomic mass is 10.0. The molecule has 0 bridgehead atoms. The molecule has 0 atom stereocenters. The molecule has 142 valence electrons. The third-order valence-corrected chi connectivity index (χ3v) is 4.00. The summed E-state index contributed by atoms with van der Waals surface area (Å²) >= 11 is 0. The van der Waals surface area contributed by atoms with Crippen molar-refractivity contribution in [3.63, 3.8) is 0 Å². The number of nitrogens with one attached hydrogen (secondary N) is 1. The molecular weight excluding hydrogens is 330 g/mol. The van der Waals surface area contributed by atoms with Crippen molar-refractivity contribution in [2.45, 2.75) is 46.6 Å². The highest BCUT2D eigenvalue weighted by Crippen LogP contribution is 2.28. The van der Waals surface area contributed by atoms with E-state index in [1.54, 1.807) is 12.1 Å². The first kappa shape index (κ1) is 20.0. The topological polar surface area (TPSA) is 60.7 Å². The standard InChI is InChI=1S/C21H29NO4/c1-5-24-12-6-11-22-21(23)19-10-8-17(26-19)14-25-20-13-16(4)7-9-18(20)15(2)3/h7-10,13,15H,5-6,11-12,14H2,1-4H3,(H,22,23). The van der Waals surface area contributed by atoms with Gasteiger partial charge in [-0.2, -0.15) is 0 Å². The number of rotatable bonds is 10. The maximum atomic E-state index is 12.1. The number of aryl methyl sites for hydroxylation is 1. The van der Waals surface area contributed by atoms with Gasteiger partial charge in [-0.25, -0.2) is 0 Å². The first-order chi connectivity index (χ1) is 12.5. The molecule has 26 heavy (non-hydrogen) atoms. The summed E-state index contributed by atoms with van der Waals surface area (Å²) in [5, 5.41) is 2.82. The zero-order valence-corrected chi connectivity index (χ0v) is 16.1. The second-order valence-electron chi connectivity index (χ2n) is 6.56. The van der Waals surface area contributed by atoms with Gasteiger partial charge in [0.1, 0.15) is 18.1 Å². The summed E-state index contributed by atoms with van der Waals surface area (Å²) in [6, 6.07) is 9.67. The molecule has 5 heteroatoms. The van der Waals surface area contributed by atoms with Crippen molar-refractivity contribution in [1.82, 2.24) is 5.32 Å². The summed E-state index contributed by atoms with van der Waals surface area (Å²) < 4.78 is 16.8. The summed E-state index contributed by atoms with van der Waals surface area (Å²) in [5.41, 5.74) is 2.31. The smallest absolute Gasteiger partial charge is 0.286 e. The molecule has 0 aliphatic heterocycles. The van der Waals surface area contributed by atoms with Gasteiger partial charge in [-0.15, -0.1) is 0 Å². The number of benzene rings is 1. The van der Waals surface area contributed by atoms with Gasteiger partial charge in [-0.05, 0) is 55.5 Å². The van der Waals surface area contributed by atoms with Crippen LogP contribution in [0, 0.1) is 6.92 Å². The van der Waals surface area contributed by atoms with E-state index in [2.05, 4.69) is 31.3 Å². The molecule has 0 saturated carbocycles. The van der Waals surface area contributed by atoms with E-state index in [0.29, 0.717) is 43.8 Å². The summed E-state index contributed by atoms with van der Waals surface area (Å²) in [7, 11) is 0. The van der Waals surface area contributed by atoms with Gasteiger partial charge in [0.05, 0.1) is 0 Å². The van der Waals surface area contributed by atoms with Gasteiger partial charge in [0.25, 0.3) is 5.91 Å². The second-order valence-corrected chi connectivity index (χ2v) is 6.56. The molecule has 0 unspecified atom stereocenters. The summed E-state index contributed by atoms with van der Waals surface area (Å²) in [5.74, 6) is 1.94. The van der Waals surface area contributed by atoms with Crippen LogP contribution in [0.1, 0.15) is 60.6 Å². The lowest BCUT2D eigenvalue weighted by molar-refractivity contribution is 0.0912. The molecule has 0 aliphatic carbocycles. The number of hydrogen-bond acceptors (Lipinski definition) is 4. The Hall–Kier alpha value is -2.27. The minimum absolute atomic E-state index is 0.217. The molecule has 1 N–H and O–H groups in total. The first-order valence-corrected chi connectivity index (χ1v) is 9.19. The molecule has 0 saturated heterocycles. The van der Waals surface area contributed by atoms with Gasteiger partial charge in [-0.1, -0.05) is 26.0 Å². The Morgan fingerprint density at radius 2 is 2.04 bits per heavy atom. The Kier molecular flexibility index (Phi) is 7.73. The van der Waals surface area contributed by atoms with E-state index in [-0.39, 0.29) is 5.91 Å². The lowest BCUT2D eigenvalue weighted by Gasteiger charge is -2.14. The minimum Gasteiger partial charge on any atom is -0.485 e. The fourth-order valence-corrected chi connectivity index (χ4v) is 2.58. The molecule has 0 radical (unpaired) electrons. The van der Waals surface area contributed by atoms with E-state index in [1.165, 1.54) is 0 Å². The van der Waals surface area contributed by atoms with Gasteiger partial charge < -0.3 is 19.2 Å². The van der Waals surface area contributed by atoms with Crippen LogP contribution >= 0.6 is 0 Å². The molecule has 0 fully saturated rings. The van der Waals surface area contributed by atoms with Gasteiger partial charge in [0.15, 0.2) is 5.76 Å². The first-order valence-electron chi connectivity index (χ1n) is 9.19. The Morgan fingerprint density at radius 3 is 2.77 bits per heavy atom. The lowest BCUT2D eigenvalue weighted by Crippen LogP contribution is -2.24. The highest BCUT2D eigenvalue weighted by molar-refractivity contribution is 5.91. The van der Waals surface area contributed by atoms with Crippen molar-refractivity contribution >= 4 is 5.91 Å². The Balaban J connectivity index is 1.89. The molecule has 1 heterocycles. The minimum atomic E-state index is -0.217. The highest BCUT2D eigenvalue weighted by atomic mass is 16.5. The summed E-state index contributed by atoms with van der Waals surface area (Å²) in [4.78, 5) is 12.1. The number of ether oxygens (including phenoxy) is 2. The molecular formula is C21H29NO4. The zero-order chi connectivity index (χ0) is 18.9. The van der Waals surface area contributed by atoms with Gasteiger partial charge in [-0.3, -0.25) is 4.79 Å². The second kappa shape index (κ2) is 10.0. The Bertz CT molecular complexity index is 706. The van der Waals surface area contributed by atoms with Crippen LogP contribution in [0.15, 0.2) is 34.7 Å². The zero-order valence-electron chi connectivity index (χ0n) is 16.1. The average Bonchev–Trinajstić information content (AvgIpc) is 3.08. The number of amides is 1. The third-order valence-electron chi connectivity index (χ3n) is 4.00. The van der Waals surface area contributed by atoms with Crippen LogP contribution in [0.2, 0.25) is 0 Å². The predicted octanol–water partition coefficient (Wildman–Crippen LogP) is 4.45. The molecule has 0 spiro atoms. The quantitative estimate of drug-likeness (QED) is 0.637. The predicted molar refractivity (Wildman–Crippen MR) is 102 cm³/mol. The van der Waals surface area contributed by atoms with Crippen LogP contribution in [0.25, 0.3) is 0 Å². The molecule has 1 aromatic carbocycles. The summed E-state index contributed by atoms with van der Waals surface area (Å²) in [6.07, 6.45) is 0.779. The van der Waals surface area contributed by atoms with Crippen LogP contribution in [-0.4, -0.2) is 25.7 Å². The van der Waals surface area contributed by atoms with Crippen molar-refractivity contribution in [3.05, 3.63) is 53.0 Å². The van der Waals surface area contributed by atoms with E-state index < -0.39 is 0 Å². The van der Waals surface area contributed by atoms with Crippen LogP contribution in [0.3, 0.4) is 0 Å². The monoisotopic (exact) mass is 359 g/mol. The Morgan fingerprint density at radius 1 is 1.23 bits per heavy atom. The Labute approximate surface area is 155 Å². The average molecular weight is 359 g/mol. The number of carbonyl (C=O) groups is 1. The van der Waals surface area contributed by atoms with Gasteiger partial charge in [0.2, 0.25) is 0 Å². The van der Waals surface area contributed by atoms with E-state index >= 15 is 0 Å². The van der Waals surface area contributed by atoms with Crippen LogP contribution < -0.4 is 10.1 Å². The number of carbonyl (C=O) groups excluding carboxylic acids is 1. The van der Waals surface area contributed by atoms with E-state index in [0.717, 1.165) is 23.3 Å². The fourth-order valence-electron chi connectivity index (χ4n) is 2.58. The van der Waals surface area contributed by atoms with E-state index in [1.807, 2.05) is 19.9 Å². The van der Waals surface area contributed by atoms with Gasteiger partial charge >= 0.3 is 0 Å². The van der Waals surface area contributed by atoms with E-state index in [4.69, 9.17) is 13.9 Å². The third kappa shape index (κ3) is 5.92. The number of hydrogen-bond donors (Lipinski definition) is 1. The molecule has 5 nitrogen and oxygen atoms in total. The highest BCUT2D eigenvalue weighted by Gasteiger charge is 2.13. The van der Waals surface area contributed by atoms with Crippen LogP contribution in [-0.2, 0) is 11.3 Å². The molecule has 1 amide bonds. The molecule has 0 aliphatic rings. The molecule has 2 rings (SSSR count). The number of furan rings is 1. The van der Waals surface area contributed by atoms with Crippen molar-refractivity contribution in [2.75, 3.05) is 19.8 Å². The van der Waals surface area contributed by atoms with Crippen molar-refractivity contribution in [2.24, 2.45) is 0 Å². The van der Waals surface area contributed by atoms with Gasteiger partial charge in [0, 0.05) is 19.8 Å². The maximum Gasteiger partial charge on any atom is 0.286 e. The molecule has 2 aromatic rings. The maximum absolute atomic E-state index is 12.1. The van der Waals surface area contributed by atoms with Crippen LogP contribution in [0.5, 0.6) is 5.75 Å². The normalized spacial score (nSPS) is 11.0. The van der Waals surface area contributed by atoms with Crippen molar-refractivity contribution in [1.29, 1.82) is 0 Å². The van der Waals surface area contributed by atoms with Crippen LogP contribution in [0.4, 0.5) is 0 Å². The SMILES string of the molecule is CCOCCCNC(=O)c1ccc(COc2cc(C)ccc2C(C)C)o1. The van der Waals surface area contributed by atoms with Crippen molar-refractivity contribution in [3.8, 4) is 5.75 Å². The van der Waals surface area contributed by atoms with Crippen molar-refractivity contribution < 1.29 is 18.7 Å². The summed E-state index contributed by atoms with van der Waals surface area (Å²) in [6.45, 7) is 10.4. The molecule has 1 aromatic heterocycles. The fraction of sp³-hybridized carbons (Fsp3) is 0.476.